The average Bonchev–Trinajstić information content (AvgIpc) is 3.18. The Morgan fingerprint density at radius 2 is 2.00 bits per heavy atom. The van der Waals surface area contributed by atoms with Crippen LogP contribution in [0.5, 0.6) is 0 Å². The highest BCUT2D eigenvalue weighted by molar-refractivity contribution is 5.79. The molecule has 1 aromatic heterocycles. The number of aliphatic imine (C=N–C) groups is 1. The molecule has 6 heteroatoms. The van der Waals surface area contributed by atoms with Gasteiger partial charge in [0.15, 0.2) is 5.96 Å². The van der Waals surface area contributed by atoms with Crippen LogP contribution < -0.4 is 5.32 Å². The standard InChI is InChI=1S/C19H25N5O/c1-20-19(21-16-18-9-15-25-22-18)24-13-11-23(12-14-24)10-5-8-17-6-3-2-4-7-17/h2-9,15H,10-14,16H2,1H3,(H,20,21)/b8-5+. The molecule has 1 saturated heterocycles. The van der Waals surface area contributed by atoms with Gasteiger partial charge < -0.3 is 14.7 Å². The van der Waals surface area contributed by atoms with Crippen LogP contribution in [0, 0.1) is 0 Å². The van der Waals surface area contributed by atoms with Crippen molar-refractivity contribution in [3.8, 4) is 0 Å². The maximum absolute atomic E-state index is 4.85. The first-order valence-electron chi connectivity index (χ1n) is 8.64. The number of aromatic nitrogens is 1. The van der Waals surface area contributed by atoms with Crippen LogP contribution in [0.3, 0.4) is 0 Å². The summed E-state index contributed by atoms with van der Waals surface area (Å²) in [4.78, 5) is 9.13. The molecule has 0 atom stereocenters. The van der Waals surface area contributed by atoms with E-state index in [0.29, 0.717) is 6.54 Å². The van der Waals surface area contributed by atoms with Crippen molar-refractivity contribution in [1.82, 2.24) is 20.3 Å². The van der Waals surface area contributed by atoms with Crippen molar-refractivity contribution in [3.63, 3.8) is 0 Å². The fourth-order valence-electron chi connectivity index (χ4n) is 2.87. The Bertz CT molecular complexity index is 673. The smallest absolute Gasteiger partial charge is 0.194 e. The number of guanidine groups is 1. The second kappa shape index (κ2) is 9.03. The van der Waals surface area contributed by atoms with Crippen LogP contribution in [0.4, 0.5) is 0 Å². The summed E-state index contributed by atoms with van der Waals surface area (Å²) in [5.74, 6) is 0.919. The topological polar surface area (TPSA) is 56.9 Å². The number of nitrogens with one attached hydrogen (secondary N) is 1. The number of nitrogens with zero attached hydrogens (tertiary/aromatic N) is 4. The fraction of sp³-hybridized carbons (Fsp3) is 0.368. The summed E-state index contributed by atoms with van der Waals surface area (Å²) in [5.41, 5.74) is 2.13. The van der Waals surface area contributed by atoms with Crippen LogP contribution in [0.1, 0.15) is 11.3 Å². The van der Waals surface area contributed by atoms with E-state index in [1.54, 1.807) is 6.26 Å². The van der Waals surface area contributed by atoms with Crippen molar-refractivity contribution in [2.24, 2.45) is 4.99 Å². The lowest BCUT2D eigenvalue weighted by Gasteiger charge is -2.36. The molecule has 132 valence electrons. The number of hydrogen-bond acceptors (Lipinski definition) is 4. The molecule has 25 heavy (non-hydrogen) atoms. The zero-order valence-corrected chi connectivity index (χ0v) is 14.6. The minimum absolute atomic E-state index is 0.628. The Kier molecular flexibility index (Phi) is 6.23. The van der Waals surface area contributed by atoms with E-state index in [2.05, 4.69) is 61.7 Å². The third-order valence-electron chi connectivity index (χ3n) is 4.28. The molecular weight excluding hydrogens is 314 g/mol. The van der Waals surface area contributed by atoms with Crippen molar-refractivity contribution in [2.45, 2.75) is 6.54 Å². The first-order chi connectivity index (χ1) is 12.3. The van der Waals surface area contributed by atoms with Gasteiger partial charge in [-0.25, -0.2) is 0 Å². The van der Waals surface area contributed by atoms with Crippen molar-refractivity contribution in [1.29, 1.82) is 0 Å². The SMILES string of the molecule is CN=C(NCc1ccon1)N1CCN(C/C=C/c2ccccc2)CC1. The Morgan fingerprint density at radius 1 is 1.20 bits per heavy atom. The number of rotatable bonds is 5. The molecule has 0 bridgehead atoms. The summed E-state index contributed by atoms with van der Waals surface area (Å²) in [6.07, 6.45) is 6.01. The number of benzene rings is 1. The van der Waals surface area contributed by atoms with Gasteiger partial charge >= 0.3 is 0 Å². The lowest BCUT2D eigenvalue weighted by molar-refractivity contribution is 0.194. The first-order valence-corrected chi connectivity index (χ1v) is 8.64. The second-order valence-corrected chi connectivity index (χ2v) is 5.99. The van der Waals surface area contributed by atoms with Crippen LogP contribution >= 0.6 is 0 Å². The fourth-order valence-corrected chi connectivity index (χ4v) is 2.87. The molecule has 0 saturated carbocycles. The number of piperazine rings is 1. The molecule has 1 aliphatic heterocycles. The van der Waals surface area contributed by atoms with Gasteiger partial charge in [0.25, 0.3) is 0 Å². The maximum Gasteiger partial charge on any atom is 0.194 e. The van der Waals surface area contributed by atoms with Crippen LogP contribution in [0.15, 0.2) is 58.3 Å². The van der Waals surface area contributed by atoms with E-state index in [1.165, 1.54) is 5.56 Å². The minimum Gasteiger partial charge on any atom is -0.364 e. The highest BCUT2D eigenvalue weighted by Crippen LogP contribution is 2.05. The van der Waals surface area contributed by atoms with Crippen LogP contribution in [-0.4, -0.2) is 60.7 Å². The van der Waals surface area contributed by atoms with E-state index >= 15 is 0 Å². The van der Waals surface area contributed by atoms with E-state index < -0.39 is 0 Å². The molecule has 0 spiro atoms. The largest absolute Gasteiger partial charge is 0.364 e. The van der Waals surface area contributed by atoms with E-state index in [-0.39, 0.29) is 0 Å². The Hall–Kier alpha value is -2.60. The van der Waals surface area contributed by atoms with Crippen LogP contribution in [0.25, 0.3) is 6.08 Å². The van der Waals surface area contributed by atoms with Crippen LogP contribution in [0.2, 0.25) is 0 Å². The summed E-state index contributed by atoms with van der Waals surface area (Å²) < 4.78 is 4.85. The highest BCUT2D eigenvalue weighted by Gasteiger charge is 2.18. The summed E-state index contributed by atoms with van der Waals surface area (Å²) in [6, 6.07) is 12.3. The predicted molar refractivity (Wildman–Crippen MR) is 100 cm³/mol. The van der Waals surface area contributed by atoms with E-state index in [9.17, 15) is 0 Å². The summed E-state index contributed by atoms with van der Waals surface area (Å²) in [6.45, 7) is 5.61. The predicted octanol–water partition coefficient (Wildman–Crippen LogP) is 2.08. The highest BCUT2D eigenvalue weighted by atomic mass is 16.5. The minimum atomic E-state index is 0.628. The van der Waals surface area contributed by atoms with Gasteiger partial charge in [-0.05, 0) is 5.56 Å². The second-order valence-electron chi connectivity index (χ2n) is 5.99. The van der Waals surface area contributed by atoms with E-state index in [0.717, 1.165) is 44.4 Å². The average molecular weight is 339 g/mol. The molecule has 6 nitrogen and oxygen atoms in total. The quantitative estimate of drug-likeness (QED) is 0.668. The third-order valence-corrected chi connectivity index (χ3v) is 4.28. The summed E-state index contributed by atoms with van der Waals surface area (Å²) >= 11 is 0. The van der Waals surface area contributed by atoms with Crippen LogP contribution in [-0.2, 0) is 6.54 Å². The Labute approximate surface area is 148 Å². The van der Waals surface area contributed by atoms with Gasteiger partial charge in [0.05, 0.1) is 6.54 Å². The molecule has 2 aromatic rings. The molecule has 2 heterocycles. The normalized spacial score (nSPS) is 16.5. The molecule has 1 N–H and O–H groups in total. The molecule has 0 unspecified atom stereocenters. The van der Waals surface area contributed by atoms with E-state index in [1.807, 2.05) is 19.2 Å². The molecule has 1 aliphatic rings. The van der Waals surface area contributed by atoms with Crippen molar-refractivity contribution >= 4 is 12.0 Å². The Balaban J connectivity index is 1.42. The zero-order chi connectivity index (χ0) is 17.3. The maximum atomic E-state index is 4.85. The van der Waals surface area contributed by atoms with Gasteiger partial charge in [0, 0.05) is 45.8 Å². The molecule has 3 rings (SSSR count). The summed E-state index contributed by atoms with van der Waals surface area (Å²) in [7, 11) is 1.82. The molecule has 0 radical (unpaired) electrons. The lowest BCUT2D eigenvalue weighted by Crippen LogP contribution is -2.52. The molecular formula is C19H25N5O. The van der Waals surface area contributed by atoms with Gasteiger partial charge in [0.1, 0.15) is 12.0 Å². The summed E-state index contributed by atoms with van der Waals surface area (Å²) in [5, 5.41) is 7.25. The van der Waals surface area contributed by atoms with Crippen molar-refractivity contribution < 1.29 is 4.52 Å². The first kappa shape index (κ1) is 17.2. The van der Waals surface area contributed by atoms with Crippen molar-refractivity contribution in [2.75, 3.05) is 39.8 Å². The molecule has 1 fully saturated rings. The third kappa shape index (κ3) is 5.19. The van der Waals surface area contributed by atoms with Gasteiger partial charge in [-0.1, -0.05) is 47.6 Å². The lowest BCUT2D eigenvalue weighted by atomic mass is 10.2. The monoisotopic (exact) mass is 339 g/mol. The molecule has 0 aliphatic carbocycles. The molecule has 1 aromatic carbocycles. The molecule has 0 amide bonds. The van der Waals surface area contributed by atoms with E-state index in [4.69, 9.17) is 4.52 Å². The zero-order valence-electron chi connectivity index (χ0n) is 14.6. The Morgan fingerprint density at radius 3 is 2.68 bits per heavy atom. The van der Waals surface area contributed by atoms with Gasteiger partial charge in [0.2, 0.25) is 0 Å². The number of hydrogen-bond donors (Lipinski definition) is 1. The van der Waals surface area contributed by atoms with Gasteiger partial charge in [-0.15, -0.1) is 0 Å². The van der Waals surface area contributed by atoms with Crippen molar-refractivity contribution in [3.05, 3.63) is 60.0 Å². The van der Waals surface area contributed by atoms with Gasteiger partial charge in [-0.3, -0.25) is 9.89 Å². The van der Waals surface area contributed by atoms with Gasteiger partial charge in [-0.2, -0.15) is 0 Å².